The summed E-state index contributed by atoms with van der Waals surface area (Å²) in [5, 5.41) is 4.28. The van der Waals surface area contributed by atoms with Crippen LogP contribution < -0.4 is 15.0 Å². The lowest BCUT2D eigenvalue weighted by Crippen LogP contribution is -3.10. The molecule has 2 rings (SSSR count). The summed E-state index contributed by atoms with van der Waals surface area (Å²) in [6.45, 7) is 2.18. The van der Waals surface area contributed by atoms with Crippen LogP contribution in [0.2, 0.25) is 10.0 Å². The highest BCUT2D eigenvalue weighted by Gasteiger charge is 2.09. The van der Waals surface area contributed by atoms with E-state index in [1.54, 1.807) is 12.1 Å². The molecule has 0 aliphatic heterocycles. The lowest BCUT2D eigenvalue weighted by molar-refractivity contribution is -0.871. The number of hydrogen-bond acceptors (Lipinski definition) is 2. The molecular weight excluding hydrogens is 347 g/mol. The van der Waals surface area contributed by atoms with Gasteiger partial charge in [0.2, 0.25) is 0 Å². The highest BCUT2D eigenvalue weighted by atomic mass is 35.5. The van der Waals surface area contributed by atoms with Crippen molar-refractivity contribution in [2.24, 2.45) is 0 Å². The molecule has 0 aromatic heterocycles. The fourth-order valence-corrected chi connectivity index (χ4v) is 2.35. The molecule has 0 aliphatic carbocycles. The standard InChI is InChI=1S/C18H20Cl2N2O2/c1-22(10-11-24-17-8-6-16(20)7-9-17)13-18(23)21-12-14-2-4-15(19)5-3-14/h2-9H,10-13H2,1H3,(H,21,23)/p+1. The summed E-state index contributed by atoms with van der Waals surface area (Å²) >= 11 is 11.7. The molecule has 0 saturated heterocycles. The molecule has 0 saturated carbocycles. The van der Waals surface area contributed by atoms with Crippen molar-refractivity contribution in [1.82, 2.24) is 5.32 Å². The lowest BCUT2D eigenvalue weighted by atomic mass is 10.2. The first-order chi connectivity index (χ1) is 11.5. The predicted octanol–water partition coefficient (Wildman–Crippen LogP) is 2.20. The molecule has 0 aliphatic rings. The zero-order valence-corrected chi connectivity index (χ0v) is 15.0. The van der Waals surface area contributed by atoms with Gasteiger partial charge < -0.3 is 15.0 Å². The molecule has 128 valence electrons. The van der Waals surface area contributed by atoms with Crippen molar-refractivity contribution in [2.45, 2.75) is 6.54 Å². The minimum absolute atomic E-state index is 0.00828. The number of nitrogens with one attached hydrogen (secondary N) is 2. The van der Waals surface area contributed by atoms with Crippen LogP contribution in [0.15, 0.2) is 48.5 Å². The van der Waals surface area contributed by atoms with Crippen LogP contribution in [0.5, 0.6) is 5.75 Å². The Bertz CT molecular complexity index is 645. The number of carbonyl (C=O) groups is 1. The molecule has 0 heterocycles. The molecule has 4 nitrogen and oxygen atoms in total. The Labute approximate surface area is 152 Å². The van der Waals surface area contributed by atoms with Crippen molar-refractivity contribution in [1.29, 1.82) is 0 Å². The first-order valence-corrected chi connectivity index (χ1v) is 8.49. The maximum atomic E-state index is 12.0. The van der Waals surface area contributed by atoms with Gasteiger partial charge in [-0.1, -0.05) is 35.3 Å². The third-order valence-electron chi connectivity index (χ3n) is 3.48. The van der Waals surface area contributed by atoms with Crippen LogP contribution in [-0.2, 0) is 11.3 Å². The maximum absolute atomic E-state index is 12.0. The quantitative estimate of drug-likeness (QED) is 0.750. The number of quaternary nitrogens is 1. The van der Waals surface area contributed by atoms with Gasteiger partial charge in [0.1, 0.15) is 18.9 Å². The van der Waals surface area contributed by atoms with E-state index in [0.717, 1.165) is 22.8 Å². The van der Waals surface area contributed by atoms with Crippen LogP contribution in [0.1, 0.15) is 5.56 Å². The van der Waals surface area contributed by atoms with E-state index in [4.69, 9.17) is 27.9 Å². The van der Waals surface area contributed by atoms with Crippen LogP contribution in [0, 0.1) is 0 Å². The van der Waals surface area contributed by atoms with E-state index in [1.807, 2.05) is 43.4 Å². The molecule has 2 N–H and O–H groups in total. The first kappa shape index (κ1) is 18.6. The average Bonchev–Trinajstić information content (AvgIpc) is 2.56. The molecule has 0 bridgehead atoms. The molecule has 0 fully saturated rings. The maximum Gasteiger partial charge on any atom is 0.275 e. The van der Waals surface area contributed by atoms with E-state index in [9.17, 15) is 4.79 Å². The molecule has 0 radical (unpaired) electrons. The van der Waals surface area contributed by atoms with Crippen LogP contribution in [0.25, 0.3) is 0 Å². The Morgan fingerprint density at radius 3 is 2.25 bits per heavy atom. The van der Waals surface area contributed by atoms with Gasteiger partial charge in [-0.2, -0.15) is 0 Å². The Balaban J connectivity index is 1.64. The Morgan fingerprint density at radius 2 is 1.62 bits per heavy atom. The number of amides is 1. The van der Waals surface area contributed by atoms with Crippen LogP contribution >= 0.6 is 23.2 Å². The van der Waals surface area contributed by atoms with Crippen molar-refractivity contribution in [3.05, 3.63) is 64.1 Å². The van der Waals surface area contributed by atoms with Crippen molar-refractivity contribution in [2.75, 3.05) is 26.7 Å². The normalized spacial score (nSPS) is 11.8. The lowest BCUT2D eigenvalue weighted by Gasteiger charge is -2.14. The first-order valence-electron chi connectivity index (χ1n) is 7.74. The van der Waals surface area contributed by atoms with Crippen LogP contribution in [0.3, 0.4) is 0 Å². The highest BCUT2D eigenvalue weighted by Crippen LogP contribution is 2.15. The second kappa shape index (κ2) is 9.52. The van der Waals surface area contributed by atoms with Crippen LogP contribution in [0.4, 0.5) is 0 Å². The smallest absolute Gasteiger partial charge is 0.275 e. The van der Waals surface area contributed by atoms with E-state index in [0.29, 0.717) is 29.7 Å². The van der Waals surface area contributed by atoms with E-state index in [2.05, 4.69) is 5.32 Å². The van der Waals surface area contributed by atoms with Crippen molar-refractivity contribution < 1.29 is 14.4 Å². The number of rotatable bonds is 8. The van der Waals surface area contributed by atoms with Crippen molar-refractivity contribution in [3.8, 4) is 5.75 Å². The fraction of sp³-hybridized carbons (Fsp3) is 0.278. The zero-order chi connectivity index (χ0) is 17.4. The molecule has 24 heavy (non-hydrogen) atoms. The van der Waals surface area contributed by atoms with Crippen molar-refractivity contribution in [3.63, 3.8) is 0 Å². The second-order valence-electron chi connectivity index (χ2n) is 5.59. The fourth-order valence-electron chi connectivity index (χ4n) is 2.10. The van der Waals surface area contributed by atoms with Gasteiger partial charge in [0, 0.05) is 16.6 Å². The summed E-state index contributed by atoms with van der Waals surface area (Å²) in [7, 11) is 1.97. The SMILES string of the molecule is C[NH+](CCOc1ccc(Cl)cc1)CC(=O)NCc1ccc(Cl)cc1. The van der Waals surface area contributed by atoms with Gasteiger partial charge in [-0.25, -0.2) is 0 Å². The van der Waals surface area contributed by atoms with Crippen molar-refractivity contribution >= 4 is 29.1 Å². The second-order valence-corrected chi connectivity index (χ2v) is 6.46. The Hall–Kier alpha value is -1.75. The molecule has 0 spiro atoms. The monoisotopic (exact) mass is 367 g/mol. The summed E-state index contributed by atoms with van der Waals surface area (Å²) in [5.41, 5.74) is 1.02. The molecule has 2 aromatic carbocycles. The minimum Gasteiger partial charge on any atom is -0.488 e. The number of benzene rings is 2. The van der Waals surface area contributed by atoms with Gasteiger partial charge in [-0.3, -0.25) is 4.79 Å². The molecule has 1 unspecified atom stereocenters. The highest BCUT2D eigenvalue weighted by molar-refractivity contribution is 6.30. The minimum atomic E-state index is 0.00828. The molecule has 2 aromatic rings. The summed E-state index contributed by atoms with van der Waals surface area (Å²) in [6.07, 6.45) is 0. The van der Waals surface area contributed by atoms with Gasteiger partial charge in [-0.15, -0.1) is 0 Å². The molecular formula is C18H21Cl2N2O2+. The number of carbonyl (C=O) groups excluding carboxylic acids is 1. The third kappa shape index (κ3) is 6.79. The van der Waals surface area contributed by atoms with E-state index < -0.39 is 0 Å². The third-order valence-corrected chi connectivity index (χ3v) is 3.98. The van der Waals surface area contributed by atoms with Gasteiger partial charge in [-0.05, 0) is 42.0 Å². The summed E-state index contributed by atoms with van der Waals surface area (Å²) in [6, 6.07) is 14.7. The average molecular weight is 368 g/mol. The van der Waals surface area contributed by atoms with E-state index in [-0.39, 0.29) is 5.91 Å². The van der Waals surface area contributed by atoms with Gasteiger partial charge in [0.05, 0.1) is 7.05 Å². The Morgan fingerprint density at radius 1 is 1.04 bits per heavy atom. The predicted molar refractivity (Wildman–Crippen MR) is 96.9 cm³/mol. The number of likely N-dealkylation sites (N-methyl/N-ethyl adjacent to an activating group) is 1. The van der Waals surface area contributed by atoms with E-state index >= 15 is 0 Å². The van der Waals surface area contributed by atoms with Crippen LogP contribution in [-0.4, -0.2) is 32.7 Å². The molecule has 6 heteroatoms. The number of hydrogen-bond donors (Lipinski definition) is 2. The van der Waals surface area contributed by atoms with Gasteiger partial charge >= 0.3 is 0 Å². The van der Waals surface area contributed by atoms with Gasteiger partial charge in [0.25, 0.3) is 5.91 Å². The number of ether oxygens (including phenoxy) is 1. The summed E-state index contributed by atoms with van der Waals surface area (Å²) in [4.78, 5) is 13.0. The zero-order valence-electron chi connectivity index (χ0n) is 13.5. The topological polar surface area (TPSA) is 42.8 Å². The van der Waals surface area contributed by atoms with Gasteiger partial charge in [0.15, 0.2) is 6.54 Å². The number of halogens is 2. The summed E-state index contributed by atoms with van der Waals surface area (Å²) in [5.74, 6) is 0.785. The largest absolute Gasteiger partial charge is 0.488 e. The van der Waals surface area contributed by atoms with E-state index in [1.165, 1.54) is 0 Å². The molecule has 1 atom stereocenters. The molecule has 1 amide bonds. The Kier molecular flexibility index (Phi) is 7.37. The summed E-state index contributed by atoms with van der Waals surface area (Å²) < 4.78 is 5.63.